The molecule has 3 N–H and O–H groups in total. The van der Waals surface area contributed by atoms with Crippen LogP contribution in [0.1, 0.15) is 30.3 Å². The van der Waals surface area contributed by atoms with Crippen LogP contribution in [0.3, 0.4) is 0 Å². The SMILES string of the molecule is Cc1ncccc1Oc1cc(SCC2CC2)cnc1Nc1nc([C@H](O)CO)cs1. The molecule has 29 heavy (non-hydrogen) atoms. The maximum atomic E-state index is 9.75. The fourth-order valence-electron chi connectivity index (χ4n) is 2.56. The Hall–Kier alpha value is -2.20. The van der Waals surface area contributed by atoms with E-state index in [4.69, 9.17) is 9.84 Å². The van der Waals surface area contributed by atoms with E-state index in [1.165, 1.54) is 24.2 Å². The van der Waals surface area contributed by atoms with Crippen molar-refractivity contribution in [1.29, 1.82) is 0 Å². The Bertz CT molecular complexity index is 978. The van der Waals surface area contributed by atoms with E-state index < -0.39 is 6.10 Å². The lowest BCUT2D eigenvalue weighted by atomic mass is 10.3. The van der Waals surface area contributed by atoms with Crippen LogP contribution in [0.25, 0.3) is 0 Å². The predicted octanol–water partition coefficient (Wildman–Crippen LogP) is 4.31. The normalized spacial score (nSPS) is 14.6. The van der Waals surface area contributed by atoms with Crippen LogP contribution < -0.4 is 10.1 Å². The maximum absolute atomic E-state index is 9.75. The van der Waals surface area contributed by atoms with E-state index in [2.05, 4.69) is 20.3 Å². The number of rotatable bonds is 9. The number of aliphatic hydroxyl groups excluding tert-OH is 2. The molecule has 0 radical (unpaired) electrons. The van der Waals surface area contributed by atoms with Gasteiger partial charge >= 0.3 is 0 Å². The van der Waals surface area contributed by atoms with Crippen molar-refractivity contribution < 1.29 is 14.9 Å². The van der Waals surface area contributed by atoms with Crippen molar-refractivity contribution in [3.05, 3.63) is 47.4 Å². The topological polar surface area (TPSA) is 100 Å². The van der Waals surface area contributed by atoms with Gasteiger partial charge in [-0.1, -0.05) is 0 Å². The van der Waals surface area contributed by atoms with Crippen LogP contribution in [0.4, 0.5) is 10.9 Å². The molecule has 0 aromatic carbocycles. The summed E-state index contributed by atoms with van der Waals surface area (Å²) in [5, 5.41) is 24.3. The Morgan fingerprint density at radius 2 is 2.21 bits per heavy atom. The molecule has 3 aromatic rings. The van der Waals surface area contributed by atoms with Crippen LogP contribution in [0.5, 0.6) is 11.5 Å². The Morgan fingerprint density at radius 3 is 2.97 bits per heavy atom. The molecule has 9 heteroatoms. The number of aryl methyl sites for hydroxylation is 1. The summed E-state index contributed by atoms with van der Waals surface area (Å²) in [6.07, 6.45) is 5.18. The molecule has 0 spiro atoms. The van der Waals surface area contributed by atoms with Gasteiger partial charge in [-0.15, -0.1) is 23.1 Å². The van der Waals surface area contributed by atoms with Crippen LogP contribution in [-0.2, 0) is 0 Å². The summed E-state index contributed by atoms with van der Waals surface area (Å²) in [6.45, 7) is 1.52. The van der Waals surface area contributed by atoms with E-state index in [-0.39, 0.29) is 6.61 Å². The first-order chi connectivity index (χ1) is 14.1. The fourth-order valence-corrected chi connectivity index (χ4v) is 4.40. The van der Waals surface area contributed by atoms with E-state index in [1.54, 1.807) is 23.3 Å². The van der Waals surface area contributed by atoms with Crippen molar-refractivity contribution in [3.8, 4) is 11.5 Å². The van der Waals surface area contributed by atoms with Gasteiger partial charge in [0.05, 0.1) is 18.0 Å². The molecule has 0 unspecified atom stereocenters. The van der Waals surface area contributed by atoms with Crippen LogP contribution in [0.2, 0.25) is 0 Å². The van der Waals surface area contributed by atoms with Crippen molar-refractivity contribution in [2.75, 3.05) is 17.7 Å². The molecule has 3 aromatic heterocycles. The number of nitrogens with zero attached hydrogens (tertiary/aromatic N) is 3. The molecular formula is C20H22N4O3S2. The van der Waals surface area contributed by atoms with Crippen LogP contribution >= 0.6 is 23.1 Å². The van der Waals surface area contributed by atoms with Gasteiger partial charge in [0.15, 0.2) is 16.7 Å². The zero-order valence-corrected chi connectivity index (χ0v) is 17.5. The van der Waals surface area contributed by atoms with Gasteiger partial charge in [-0.25, -0.2) is 9.97 Å². The predicted molar refractivity (Wildman–Crippen MR) is 114 cm³/mol. The number of ether oxygens (including phenoxy) is 1. The molecule has 1 aliphatic carbocycles. The average Bonchev–Trinajstić information content (AvgIpc) is 3.45. The van der Waals surface area contributed by atoms with Gasteiger partial charge in [-0.3, -0.25) is 4.98 Å². The van der Waals surface area contributed by atoms with Gasteiger partial charge in [0, 0.05) is 28.4 Å². The number of aliphatic hydroxyl groups is 2. The summed E-state index contributed by atoms with van der Waals surface area (Å²) in [4.78, 5) is 14.2. The first-order valence-electron chi connectivity index (χ1n) is 9.36. The molecule has 1 saturated carbocycles. The van der Waals surface area contributed by atoms with Crippen molar-refractivity contribution in [1.82, 2.24) is 15.0 Å². The largest absolute Gasteiger partial charge is 0.452 e. The molecule has 1 atom stereocenters. The number of pyridine rings is 2. The second-order valence-corrected chi connectivity index (χ2v) is 8.81. The molecule has 4 rings (SSSR count). The summed E-state index contributed by atoms with van der Waals surface area (Å²) < 4.78 is 6.14. The van der Waals surface area contributed by atoms with E-state index in [9.17, 15) is 5.11 Å². The van der Waals surface area contributed by atoms with Gasteiger partial charge in [-0.05, 0) is 43.9 Å². The highest BCUT2D eigenvalue weighted by molar-refractivity contribution is 7.99. The minimum absolute atomic E-state index is 0.372. The summed E-state index contributed by atoms with van der Waals surface area (Å²) in [5.74, 6) is 3.69. The van der Waals surface area contributed by atoms with Crippen molar-refractivity contribution in [2.45, 2.75) is 30.8 Å². The summed E-state index contributed by atoms with van der Waals surface area (Å²) in [5.41, 5.74) is 1.21. The van der Waals surface area contributed by atoms with Crippen molar-refractivity contribution >= 4 is 34.0 Å². The highest BCUT2D eigenvalue weighted by Crippen LogP contribution is 2.38. The van der Waals surface area contributed by atoms with Crippen LogP contribution in [0, 0.1) is 12.8 Å². The molecule has 1 fully saturated rings. The molecule has 7 nitrogen and oxygen atoms in total. The highest BCUT2D eigenvalue weighted by atomic mass is 32.2. The van der Waals surface area contributed by atoms with Gasteiger partial charge in [0.1, 0.15) is 11.9 Å². The molecule has 0 amide bonds. The molecule has 0 saturated heterocycles. The standard InChI is InChI=1S/C20H22N4O3S2/c1-12-17(3-2-6-21-12)27-18-7-14(28-10-13-4-5-13)8-22-19(18)24-20-23-15(11-29-20)16(26)9-25/h2-3,6-8,11,13,16,25-26H,4-5,9-10H2,1H3,(H,22,23,24)/t16-/m1/s1. The number of nitrogens with one attached hydrogen (secondary N) is 1. The molecular weight excluding hydrogens is 408 g/mol. The third-order valence-corrected chi connectivity index (χ3v) is 6.42. The second-order valence-electron chi connectivity index (χ2n) is 6.86. The van der Waals surface area contributed by atoms with Gasteiger partial charge in [0.2, 0.25) is 0 Å². The van der Waals surface area contributed by atoms with Crippen molar-refractivity contribution in [3.63, 3.8) is 0 Å². The Morgan fingerprint density at radius 1 is 1.34 bits per heavy atom. The zero-order valence-electron chi connectivity index (χ0n) is 15.9. The quantitative estimate of drug-likeness (QED) is 0.432. The summed E-state index contributed by atoms with van der Waals surface area (Å²) in [7, 11) is 0. The molecule has 0 bridgehead atoms. The number of hydrogen-bond acceptors (Lipinski definition) is 9. The Kier molecular flexibility index (Phi) is 6.29. The number of anilines is 2. The monoisotopic (exact) mass is 430 g/mol. The van der Waals surface area contributed by atoms with Crippen LogP contribution in [0.15, 0.2) is 40.9 Å². The highest BCUT2D eigenvalue weighted by Gasteiger charge is 2.22. The number of hydrogen-bond donors (Lipinski definition) is 3. The fraction of sp³-hybridized carbons (Fsp3) is 0.350. The molecule has 3 heterocycles. The minimum atomic E-state index is -0.996. The average molecular weight is 431 g/mol. The van der Waals surface area contributed by atoms with Gasteiger partial charge in [-0.2, -0.15) is 0 Å². The smallest absolute Gasteiger partial charge is 0.188 e. The van der Waals surface area contributed by atoms with Crippen molar-refractivity contribution in [2.24, 2.45) is 5.92 Å². The van der Waals surface area contributed by atoms with E-state index in [0.29, 0.717) is 28.1 Å². The lowest BCUT2D eigenvalue weighted by Crippen LogP contribution is -2.03. The first kappa shape index (κ1) is 20.1. The number of aromatic nitrogens is 3. The van der Waals surface area contributed by atoms with Gasteiger partial charge in [0.25, 0.3) is 0 Å². The van der Waals surface area contributed by atoms with Crippen LogP contribution in [-0.4, -0.2) is 37.5 Å². The summed E-state index contributed by atoms with van der Waals surface area (Å²) >= 11 is 3.11. The third-order valence-electron chi connectivity index (χ3n) is 4.45. The van der Waals surface area contributed by atoms with Gasteiger partial charge < -0.3 is 20.3 Å². The van der Waals surface area contributed by atoms with E-state index in [1.807, 2.05) is 31.3 Å². The lowest BCUT2D eigenvalue weighted by molar-refractivity contribution is 0.0928. The first-order valence-corrected chi connectivity index (χ1v) is 11.2. The minimum Gasteiger partial charge on any atom is -0.452 e. The van der Waals surface area contributed by atoms with E-state index in [0.717, 1.165) is 22.3 Å². The maximum Gasteiger partial charge on any atom is 0.188 e. The Labute approximate surface area is 177 Å². The second kappa shape index (κ2) is 9.08. The third kappa shape index (κ3) is 5.24. The molecule has 152 valence electrons. The van der Waals surface area contributed by atoms with E-state index >= 15 is 0 Å². The number of thiazole rings is 1. The molecule has 0 aliphatic heterocycles. The number of thioether (sulfide) groups is 1. The molecule has 1 aliphatic rings. The summed E-state index contributed by atoms with van der Waals surface area (Å²) in [6, 6.07) is 5.68. The zero-order chi connectivity index (χ0) is 20.2. The Balaban J connectivity index is 1.58. The lowest BCUT2D eigenvalue weighted by Gasteiger charge is -2.13.